The van der Waals surface area contributed by atoms with Crippen LogP contribution >= 0.6 is 0 Å². The van der Waals surface area contributed by atoms with E-state index in [-0.39, 0.29) is 60.5 Å². The minimum Gasteiger partial charge on any atom is -0.339 e. The zero-order chi connectivity index (χ0) is 29.6. The summed E-state index contributed by atoms with van der Waals surface area (Å²) in [6.45, 7) is 1.29. The van der Waals surface area contributed by atoms with E-state index >= 15 is 0 Å². The van der Waals surface area contributed by atoms with Crippen LogP contribution < -0.4 is 5.32 Å². The number of anilines is 2. The van der Waals surface area contributed by atoms with Gasteiger partial charge in [-0.25, -0.2) is 9.97 Å². The first-order valence-electron chi connectivity index (χ1n) is 14.4. The van der Waals surface area contributed by atoms with Crippen molar-refractivity contribution in [2.24, 2.45) is 11.8 Å². The van der Waals surface area contributed by atoms with Gasteiger partial charge in [-0.1, -0.05) is 12.8 Å². The molecule has 41 heavy (non-hydrogen) atoms. The van der Waals surface area contributed by atoms with Crippen LogP contribution in [-0.2, 0) is 17.4 Å². The molecular weight excluding hydrogens is 538 g/mol. The number of likely N-dealkylation sites (tertiary alicyclic amines) is 1. The minimum absolute atomic E-state index is 0.00515. The second-order valence-electron chi connectivity index (χ2n) is 11.3. The zero-order valence-corrected chi connectivity index (χ0v) is 23.7. The van der Waals surface area contributed by atoms with Crippen LogP contribution in [0.3, 0.4) is 0 Å². The molecule has 0 unspecified atom stereocenters. The molecule has 1 amide bonds. The molecule has 1 aliphatic carbocycles. The van der Waals surface area contributed by atoms with Crippen LogP contribution in [0.25, 0.3) is 0 Å². The Morgan fingerprint density at radius 1 is 1.07 bits per heavy atom. The number of Topliss-reactive ketones (excluding diaryl/α,β-unsaturated/α-hetero) is 1. The van der Waals surface area contributed by atoms with E-state index in [2.05, 4.69) is 27.2 Å². The topological polar surface area (TPSA) is 78.4 Å². The highest BCUT2D eigenvalue weighted by Gasteiger charge is 2.38. The van der Waals surface area contributed by atoms with Crippen molar-refractivity contribution in [3.63, 3.8) is 0 Å². The molecule has 11 heteroatoms. The lowest BCUT2D eigenvalue weighted by Gasteiger charge is -2.35. The van der Waals surface area contributed by atoms with E-state index in [1.54, 1.807) is 29.2 Å². The van der Waals surface area contributed by atoms with Crippen LogP contribution in [0.5, 0.6) is 0 Å². The summed E-state index contributed by atoms with van der Waals surface area (Å²) >= 11 is 0. The van der Waals surface area contributed by atoms with Crippen LogP contribution in [-0.4, -0.2) is 71.4 Å². The Morgan fingerprint density at radius 3 is 2.41 bits per heavy atom. The highest BCUT2D eigenvalue weighted by molar-refractivity contribution is 5.94. The molecule has 7 nitrogen and oxygen atoms in total. The summed E-state index contributed by atoms with van der Waals surface area (Å²) in [5.41, 5.74) is -0.0175. The van der Waals surface area contributed by atoms with Crippen molar-refractivity contribution in [2.45, 2.75) is 70.0 Å². The van der Waals surface area contributed by atoms with Gasteiger partial charge in [0.05, 0.1) is 17.9 Å². The summed E-state index contributed by atoms with van der Waals surface area (Å²) in [4.78, 5) is 37.9. The summed E-state index contributed by atoms with van der Waals surface area (Å²) in [5.74, 6) is -0.828. The summed E-state index contributed by atoms with van der Waals surface area (Å²) in [5, 5.41) is 2.96. The quantitative estimate of drug-likeness (QED) is 0.345. The van der Waals surface area contributed by atoms with Crippen LogP contribution in [0.4, 0.5) is 29.2 Å². The van der Waals surface area contributed by atoms with Crippen LogP contribution in [0.2, 0.25) is 0 Å². The van der Waals surface area contributed by atoms with E-state index in [1.807, 2.05) is 7.05 Å². The number of hydrogen-bond acceptors (Lipinski definition) is 6. The van der Waals surface area contributed by atoms with Gasteiger partial charge in [-0.05, 0) is 88.8 Å². The van der Waals surface area contributed by atoms with Crippen LogP contribution in [0, 0.1) is 11.8 Å². The molecule has 2 aromatic rings. The molecule has 1 saturated carbocycles. The van der Waals surface area contributed by atoms with Crippen molar-refractivity contribution in [3.05, 3.63) is 47.3 Å². The van der Waals surface area contributed by atoms with Gasteiger partial charge in [0.1, 0.15) is 5.78 Å². The standard InChI is InChI=1S/C30H39F4N5O2/c1-38-16-13-23(14-17-38)39(2)28(41)20-9-11-22(12-10-20)36-29-35-19-25(30(32,33)34)26(37-29)18-21-6-3-4-7-24(21)27(40)8-5-15-31/h9-12,19,21,23-24H,3-8,13-18H2,1-2H3,(H,35,36,37)/t21-,24-/m0/s1. The lowest BCUT2D eigenvalue weighted by atomic mass is 9.73. The van der Waals surface area contributed by atoms with E-state index in [1.165, 1.54) is 0 Å². The average Bonchev–Trinajstić information content (AvgIpc) is 2.96. The molecule has 0 radical (unpaired) electrons. The molecular formula is C30H39F4N5O2. The molecule has 2 aliphatic rings. The number of piperidine rings is 1. The molecule has 1 aromatic heterocycles. The number of carbonyl (C=O) groups excluding carboxylic acids is 2. The van der Waals surface area contributed by atoms with Gasteiger partial charge in [0.25, 0.3) is 5.91 Å². The van der Waals surface area contributed by atoms with E-state index in [0.29, 0.717) is 24.1 Å². The fraction of sp³-hybridized carbons (Fsp3) is 0.600. The number of nitrogens with zero attached hydrogens (tertiary/aromatic N) is 4. The largest absolute Gasteiger partial charge is 0.419 e. The summed E-state index contributed by atoms with van der Waals surface area (Å²) in [7, 11) is 3.88. The number of aromatic nitrogens is 2. The summed E-state index contributed by atoms with van der Waals surface area (Å²) in [6, 6.07) is 6.89. The zero-order valence-electron chi connectivity index (χ0n) is 23.7. The Balaban J connectivity index is 1.48. The molecule has 1 aromatic carbocycles. The third kappa shape index (κ3) is 8.02. The fourth-order valence-corrected chi connectivity index (χ4v) is 6.00. The average molecular weight is 578 g/mol. The van der Waals surface area contributed by atoms with E-state index in [0.717, 1.165) is 45.0 Å². The second-order valence-corrected chi connectivity index (χ2v) is 11.3. The molecule has 2 heterocycles. The Kier molecular flexibility index (Phi) is 10.3. The van der Waals surface area contributed by atoms with Crippen molar-refractivity contribution in [2.75, 3.05) is 39.2 Å². The number of amides is 1. The van der Waals surface area contributed by atoms with E-state index in [4.69, 9.17) is 0 Å². The number of alkyl halides is 4. The van der Waals surface area contributed by atoms with Gasteiger partial charge in [0.15, 0.2) is 0 Å². The smallest absolute Gasteiger partial charge is 0.339 e. The number of ketones is 1. The first-order chi connectivity index (χ1) is 19.6. The maximum Gasteiger partial charge on any atom is 0.419 e. The van der Waals surface area contributed by atoms with Gasteiger partial charge >= 0.3 is 6.18 Å². The maximum absolute atomic E-state index is 13.9. The Labute approximate surface area is 238 Å². The molecule has 224 valence electrons. The third-order valence-electron chi connectivity index (χ3n) is 8.45. The normalized spacial score (nSPS) is 20.5. The number of benzene rings is 1. The summed E-state index contributed by atoms with van der Waals surface area (Å²) < 4.78 is 54.3. The number of rotatable bonds is 10. The Morgan fingerprint density at radius 2 is 1.76 bits per heavy atom. The molecule has 0 bridgehead atoms. The van der Waals surface area contributed by atoms with Crippen LogP contribution in [0.1, 0.15) is 73.0 Å². The Hall–Kier alpha value is -3.08. The Bertz CT molecular complexity index is 1180. The summed E-state index contributed by atoms with van der Waals surface area (Å²) in [6.07, 6.45) is 1.09. The third-order valence-corrected chi connectivity index (χ3v) is 8.45. The molecule has 1 N–H and O–H groups in total. The number of hydrogen-bond donors (Lipinski definition) is 1. The molecule has 1 aliphatic heterocycles. The van der Waals surface area contributed by atoms with Crippen molar-refractivity contribution >= 4 is 23.3 Å². The molecule has 2 atom stereocenters. The van der Waals surface area contributed by atoms with Crippen LogP contribution in [0.15, 0.2) is 30.5 Å². The molecule has 0 spiro atoms. The monoisotopic (exact) mass is 577 g/mol. The van der Waals surface area contributed by atoms with Crippen molar-refractivity contribution in [3.8, 4) is 0 Å². The van der Waals surface area contributed by atoms with Gasteiger partial charge in [-0.15, -0.1) is 0 Å². The van der Waals surface area contributed by atoms with Crippen molar-refractivity contribution < 1.29 is 27.2 Å². The van der Waals surface area contributed by atoms with Gasteiger partial charge in [0, 0.05) is 42.9 Å². The second kappa shape index (κ2) is 13.7. The fourth-order valence-electron chi connectivity index (χ4n) is 6.00. The maximum atomic E-state index is 13.9. The van der Waals surface area contributed by atoms with Gasteiger partial charge in [-0.2, -0.15) is 13.2 Å². The van der Waals surface area contributed by atoms with Crippen molar-refractivity contribution in [1.29, 1.82) is 0 Å². The molecule has 4 rings (SSSR count). The minimum atomic E-state index is -4.64. The predicted molar refractivity (Wildman–Crippen MR) is 149 cm³/mol. The number of carbonyl (C=O) groups is 2. The lowest BCUT2D eigenvalue weighted by Crippen LogP contribution is -2.44. The lowest BCUT2D eigenvalue weighted by molar-refractivity contribution is -0.138. The number of nitrogens with one attached hydrogen (secondary N) is 1. The first kappa shape index (κ1) is 30.9. The SMILES string of the molecule is CN1CCC(N(C)C(=O)c2ccc(Nc3ncc(C(F)(F)F)c(C[C@@H]4CCCC[C@@H]4C(=O)CCCF)n3)cc2)CC1. The van der Waals surface area contributed by atoms with E-state index < -0.39 is 18.4 Å². The predicted octanol–water partition coefficient (Wildman–Crippen LogP) is 6.07. The molecule has 2 fully saturated rings. The number of halogens is 4. The van der Waals surface area contributed by atoms with Gasteiger partial charge in [-0.3, -0.25) is 14.0 Å². The highest BCUT2D eigenvalue weighted by Crippen LogP contribution is 2.38. The highest BCUT2D eigenvalue weighted by atomic mass is 19.4. The van der Waals surface area contributed by atoms with E-state index in [9.17, 15) is 27.2 Å². The van der Waals surface area contributed by atoms with Gasteiger partial charge < -0.3 is 15.1 Å². The van der Waals surface area contributed by atoms with Crippen molar-refractivity contribution in [1.82, 2.24) is 19.8 Å². The first-order valence-corrected chi connectivity index (χ1v) is 14.4. The molecule has 1 saturated heterocycles. The van der Waals surface area contributed by atoms with Gasteiger partial charge in [0.2, 0.25) is 5.95 Å².